The van der Waals surface area contributed by atoms with E-state index in [0.29, 0.717) is 17.5 Å². The average molecular weight is 337 g/mol. The summed E-state index contributed by atoms with van der Waals surface area (Å²) in [6.07, 6.45) is 1.59. The molecule has 0 bridgehead atoms. The maximum absolute atomic E-state index is 9.12. The highest BCUT2D eigenvalue weighted by Gasteiger charge is 2.11. The lowest BCUT2D eigenvalue weighted by Crippen LogP contribution is -2.00. The van der Waals surface area contributed by atoms with Crippen LogP contribution in [-0.2, 0) is 6.61 Å². The van der Waals surface area contributed by atoms with E-state index in [-0.39, 0.29) is 6.61 Å². The van der Waals surface area contributed by atoms with Gasteiger partial charge in [-0.2, -0.15) is 4.98 Å². The second kappa shape index (κ2) is 6.33. The molecule has 0 aliphatic rings. The molecule has 2 rings (SSSR count). The number of hydrogen-bond donors (Lipinski definition) is 1. The Morgan fingerprint density at radius 2 is 2.10 bits per heavy atom. The van der Waals surface area contributed by atoms with Gasteiger partial charge in [0.2, 0.25) is 0 Å². The van der Waals surface area contributed by atoms with Crippen molar-refractivity contribution in [2.45, 2.75) is 33.3 Å². The Bertz CT molecular complexity index is 615. The quantitative estimate of drug-likeness (QED) is 0.918. The largest absolute Gasteiger partial charge is 0.424 e. The predicted octanol–water partition coefficient (Wildman–Crippen LogP) is 3.96. The number of hydrogen-bond acceptors (Lipinski definition) is 4. The van der Waals surface area contributed by atoms with Gasteiger partial charge in [-0.3, -0.25) is 0 Å². The second-order valence-electron chi connectivity index (χ2n) is 4.86. The molecule has 0 saturated carbocycles. The molecule has 0 unspecified atom stereocenters. The van der Waals surface area contributed by atoms with Gasteiger partial charge in [-0.1, -0.05) is 29.8 Å². The van der Waals surface area contributed by atoms with Crippen molar-refractivity contribution in [3.8, 4) is 11.8 Å². The van der Waals surface area contributed by atoms with Crippen molar-refractivity contribution in [2.75, 3.05) is 0 Å². The second-order valence-corrected chi connectivity index (χ2v) is 5.78. The molecule has 0 fully saturated rings. The zero-order chi connectivity index (χ0) is 14.7. The van der Waals surface area contributed by atoms with Crippen molar-refractivity contribution in [3.63, 3.8) is 0 Å². The lowest BCUT2D eigenvalue weighted by atomic mass is 10.0. The molecule has 0 aliphatic carbocycles. The van der Waals surface area contributed by atoms with Crippen LogP contribution < -0.4 is 4.74 Å². The van der Waals surface area contributed by atoms with Crippen LogP contribution in [-0.4, -0.2) is 15.1 Å². The van der Waals surface area contributed by atoms with Crippen molar-refractivity contribution in [3.05, 3.63) is 45.7 Å². The van der Waals surface area contributed by atoms with Crippen LogP contribution in [0, 0.1) is 6.92 Å². The molecule has 1 aromatic heterocycles. The lowest BCUT2D eigenvalue weighted by molar-refractivity contribution is 0.279. The minimum atomic E-state index is -0.0678. The SMILES string of the molecule is Cc1nc(Oc2ccc(Br)cc2C(C)C)ncc1CO. The van der Waals surface area contributed by atoms with E-state index in [1.165, 1.54) is 0 Å². The molecule has 5 heteroatoms. The van der Waals surface area contributed by atoms with Gasteiger partial charge < -0.3 is 9.84 Å². The third kappa shape index (κ3) is 3.35. The first kappa shape index (κ1) is 14.9. The van der Waals surface area contributed by atoms with Gasteiger partial charge >= 0.3 is 6.01 Å². The Hall–Kier alpha value is -1.46. The number of ether oxygens (including phenoxy) is 1. The average Bonchev–Trinajstić information content (AvgIpc) is 2.41. The van der Waals surface area contributed by atoms with Crippen LogP contribution in [0.15, 0.2) is 28.9 Å². The normalized spacial score (nSPS) is 10.9. The Morgan fingerprint density at radius 1 is 1.35 bits per heavy atom. The molecule has 0 atom stereocenters. The summed E-state index contributed by atoms with van der Waals surface area (Å²) in [6.45, 7) is 5.97. The zero-order valence-electron chi connectivity index (χ0n) is 11.7. The summed E-state index contributed by atoms with van der Waals surface area (Å²) in [7, 11) is 0. The molecular formula is C15H17BrN2O2. The third-order valence-electron chi connectivity index (χ3n) is 3.02. The van der Waals surface area contributed by atoms with Gasteiger partial charge in [-0.25, -0.2) is 4.98 Å². The number of nitrogens with zero attached hydrogens (tertiary/aromatic N) is 2. The highest BCUT2D eigenvalue weighted by Crippen LogP contribution is 2.31. The van der Waals surface area contributed by atoms with Crippen LogP contribution in [0.4, 0.5) is 0 Å². The fourth-order valence-corrected chi connectivity index (χ4v) is 2.22. The minimum Gasteiger partial charge on any atom is -0.424 e. The highest BCUT2D eigenvalue weighted by molar-refractivity contribution is 9.10. The molecule has 0 radical (unpaired) electrons. The Morgan fingerprint density at radius 3 is 2.70 bits per heavy atom. The molecular weight excluding hydrogens is 320 g/mol. The van der Waals surface area contributed by atoms with Crippen LogP contribution in [0.25, 0.3) is 0 Å². The van der Waals surface area contributed by atoms with Gasteiger partial charge in [0, 0.05) is 16.2 Å². The summed E-state index contributed by atoms with van der Waals surface area (Å²) in [6, 6.07) is 6.16. The van der Waals surface area contributed by atoms with Crippen molar-refractivity contribution < 1.29 is 9.84 Å². The molecule has 1 heterocycles. The standard InChI is InChI=1S/C15H17BrN2O2/c1-9(2)13-6-12(16)4-5-14(13)20-15-17-7-11(8-19)10(3)18-15/h4-7,9,19H,8H2,1-3H3. The first-order chi connectivity index (χ1) is 9.51. The van der Waals surface area contributed by atoms with Crippen LogP contribution in [0.5, 0.6) is 11.8 Å². The van der Waals surface area contributed by atoms with E-state index in [2.05, 4.69) is 39.7 Å². The van der Waals surface area contributed by atoms with Crippen LogP contribution in [0.1, 0.15) is 36.6 Å². The van der Waals surface area contributed by atoms with E-state index in [4.69, 9.17) is 9.84 Å². The van der Waals surface area contributed by atoms with E-state index < -0.39 is 0 Å². The molecule has 2 aromatic rings. The number of aromatic nitrogens is 2. The van der Waals surface area contributed by atoms with Gasteiger partial charge in [0.15, 0.2) is 0 Å². The van der Waals surface area contributed by atoms with Gasteiger partial charge in [-0.15, -0.1) is 0 Å². The van der Waals surface area contributed by atoms with E-state index in [1.54, 1.807) is 6.20 Å². The molecule has 106 valence electrons. The van der Waals surface area contributed by atoms with Crippen LogP contribution in [0.3, 0.4) is 0 Å². The van der Waals surface area contributed by atoms with Crippen molar-refractivity contribution >= 4 is 15.9 Å². The van der Waals surface area contributed by atoms with E-state index in [9.17, 15) is 0 Å². The summed E-state index contributed by atoms with van der Waals surface area (Å²) in [5.41, 5.74) is 2.52. The highest BCUT2D eigenvalue weighted by atomic mass is 79.9. The monoisotopic (exact) mass is 336 g/mol. The molecule has 0 aliphatic heterocycles. The third-order valence-corrected chi connectivity index (χ3v) is 3.52. The summed E-state index contributed by atoms with van der Waals surface area (Å²) < 4.78 is 6.80. The lowest BCUT2D eigenvalue weighted by Gasteiger charge is -2.13. The molecule has 1 N–H and O–H groups in total. The topological polar surface area (TPSA) is 55.2 Å². The Kier molecular flexibility index (Phi) is 4.73. The molecule has 0 saturated heterocycles. The number of benzene rings is 1. The van der Waals surface area contributed by atoms with Crippen molar-refractivity contribution in [2.24, 2.45) is 0 Å². The van der Waals surface area contributed by atoms with Crippen LogP contribution in [0.2, 0.25) is 0 Å². The van der Waals surface area contributed by atoms with E-state index in [0.717, 1.165) is 21.5 Å². The smallest absolute Gasteiger partial charge is 0.322 e. The molecule has 4 nitrogen and oxygen atoms in total. The van der Waals surface area contributed by atoms with Gasteiger partial charge in [0.05, 0.1) is 12.3 Å². The molecule has 0 spiro atoms. The predicted molar refractivity (Wildman–Crippen MR) is 81.0 cm³/mol. The summed E-state index contributed by atoms with van der Waals surface area (Å²) in [5.74, 6) is 1.08. The van der Waals surface area contributed by atoms with Crippen molar-refractivity contribution in [1.82, 2.24) is 9.97 Å². The fraction of sp³-hybridized carbons (Fsp3) is 0.333. The maximum Gasteiger partial charge on any atom is 0.322 e. The number of halogens is 1. The Balaban J connectivity index is 2.32. The molecule has 1 aromatic carbocycles. The summed E-state index contributed by atoms with van der Waals surface area (Å²) in [5, 5.41) is 9.12. The number of aryl methyl sites for hydroxylation is 1. The first-order valence-electron chi connectivity index (χ1n) is 6.42. The van der Waals surface area contributed by atoms with Gasteiger partial charge in [-0.05, 0) is 36.6 Å². The summed E-state index contributed by atoms with van der Waals surface area (Å²) in [4.78, 5) is 8.38. The fourth-order valence-electron chi connectivity index (χ4n) is 1.84. The van der Waals surface area contributed by atoms with Crippen LogP contribution >= 0.6 is 15.9 Å². The number of aliphatic hydroxyl groups is 1. The van der Waals surface area contributed by atoms with Crippen molar-refractivity contribution in [1.29, 1.82) is 0 Å². The number of rotatable bonds is 4. The minimum absolute atomic E-state index is 0.0678. The number of aliphatic hydroxyl groups excluding tert-OH is 1. The van der Waals surface area contributed by atoms with E-state index >= 15 is 0 Å². The zero-order valence-corrected chi connectivity index (χ0v) is 13.3. The van der Waals surface area contributed by atoms with E-state index in [1.807, 2.05) is 25.1 Å². The molecule has 20 heavy (non-hydrogen) atoms. The molecule has 0 amide bonds. The Labute approximate surface area is 127 Å². The van der Waals surface area contributed by atoms with Gasteiger partial charge in [0.25, 0.3) is 0 Å². The first-order valence-corrected chi connectivity index (χ1v) is 7.21. The van der Waals surface area contributed by atoms with Gasteiger partial charge in [0.1, 0.15) is 5.75 Å². The maximum atomic E-state index is 9.12. The summed E-state index contributed by atoms with van der Waals surface area (Å²) >= 11 is 3.47.